The molecule has 2 rings (SSSR count). The summed E-state index contributed by atoms with van der Waals surface area (Å²) in [5.74, 6) is 0.626. The van der Waals surface area contributed by atoms with Crippen LogP contribution in [0.5, 0.6) is 0 Å². The van der Waals surface area contributed by atoms with E-state index in [1.54, 1.807) is 29.2 Å². The summed E-state index contributed by atoms with van der Waals surface area (Å²) in [6.45, 7) is 5.04. The van der Waals surface area contributed by atoms with Gasteiger partial charge in [-0.1, -0.05) is 0 Å². The minimum absolute atomic E-state index is 0.0183. The maximum Gasteiger partial charge on any atom is 0.289 e. The predicted molar refractivity (Wildman–Crippen MR) is 78.0 cm³/mol. The van der Waals surface area contributed by atoms with Gasteiger partial charge in [-0.3, -0.25) is 14.9 Å². The van der Waals surface area contributed by atoms with Gasteiger partial charge in [-0.25, -0.2) is 0 Å². The van der Waals surface area contributed by atoms with Crippen molar-refractivity contribution in [2.75, 3.05) is 13.1 Å². The van der Waals surface area contributed by atoms with Gasteiger partial charge in [0.1, 0.15) is 5.76 Å². The second-order valence-corrected chi connectivity index (χ2v) is 4.45. The zero-order chi connectivity index (χ0) is 15.4. The van der Waals surface area contributed by atoms with Crippen LogP contribution in [0.15, 0.2) is 40.8 Å². The van der Waals surface area contributed by atoms with Crippen molar-refractivity contribution in [1.29, 1.82) is 0 Å². The lowest BCUT2D eigenvalue weighted by Crippen LogP contribution is -2.30. The summed E-state index contributed by atoms with van der Waals surface area (Å²) in [4.78, 5) is 24.0. The number of carbonyl (C=O) groups is 1. The molecule has 1 amide bonds. The lowest BCUT2D eigenvalue weighted by molar-refractivity contribution is -0.384. The highest BCUT2D eigenvalue weighted by atomic mass is 16.6. The van der Waals surface area contributed by atoms with Gasteiger partial charge in [0.2, 0.25) is 0 Å². The standard InChI is InChI=1S/C15H16N2O4/c1-3-16(4-2)15(18)14-10-9-13(21-14)11-5-7-12(8-6-11)17(19)20/h5-10H,3-4H2,1-2H3. The lowest BCUT2D eigenvalue weighted by Gasteiger charge is -2.16. The first-order valence-corrected chi connectivity index (χ1v) is 6.70. The number of carbonyl (C=O) groups excluding carboxylic acids is 1. The molecule has 0 unspecified atom stereocenters. The smallest absolute Gasteiger partial charge is 0.289 e. The third-order valence-electron chi connectivity index (χ3n) is 3.23. The third-order valence-corrected chi connectivity index (χ3v) is 3.23. The van der Waals surface area contributed by atoms with Crippen LogP contribution in [-0.4, -0.2) is 28.8 Å². The molecule has 0 spiro atoms. The Bertz CT molecular complexity index is 642. The number of furan rings is 1. The van der Waals surface area contributed by atoms with Crippen molar-refractivity contribution in [3.63, 3.8) is 0 Å². The van der Waals surface area contributed by atoms with Crippen LogP contribution in [0.1, 0.15) is 24.4 Å². The molecule has 1 aromatic carbocycles. The van der Waals surface area contributed by atoms with Crippen LogP contribution < -0.4 is 0 Å². The fourth-order valence-electron chi connectivity index (χ4n) is 2.02. The van der Waals surface area contributed by atoms with Crippen LogP contribution in [0, 0.1) is 10.1 Å². The SMILES string of the molecule is CCN(CC)C(=O)c1ccc(-c2ccc([N+](=O)[O-])cc2)o1. The molecule has 1 aromatic heterocycles. The van der Waals surface area contributed by atoms with Crippen molar-refractivity contribution in [2.24, 2.45) is 0 Å². The molecule has 2 aromatic rings. The Morgan fingerprint density at radius 3 is 2.29 bits per heavy atom. The molecule has 0 saturated heterocycles. The van der Waals surface area contributed by atoms with Crippen molar-refractivity contribution in [3.05, 3.63) is 52.3 Å². The highest BCUT2D eigenvalue weighted by molar-refractivity contribution is 5.92. The van der Waals surface area contributed by atoms with Crippen molar-refractivity contribution < 1.29 is 14.1 Å². The number of hydrogen-bond donors (Lipinski definition) is 0. The van der Waals surface area contributed by atoms with Crippen molar-refractivity contribution in [2.45, 2.75) is 13.8 Å². The largest absolute Gasteiger partial charge is 0.451 e. The van der Waals surface area contributed by atoms with Crippen LogP contribution in [0.3, 0.4) is 0 Å². The van der Waals surface area contributed by atoms with E-state index < -0.39 is 4.92 Å². The van der Waals surface area contributed by atoms with Crippen LogP contribution in [0.25, 0.3) is 11.3 Å². The fraction of sp³-hybridized carbons (Fsp3) is 0.267. The molecule has 0 bridgehead atoms. The van der Waals surface area contributed by atoms with E-state index in [-0.39, 0.29) is 17.4 Å². The van der Waals surface area contributed by atoms with E-state index in [0.717, 1.165) is 0 Å². The molecule has 0 fully saturated rings. The van der Waals surface area contributed by atoms with Crippen molar-refractivity contribution in [1.82, 2.24) is 4.90 Å². The molecule has 110 valence electrons. The molecule has 0 N–H and O–H groups in total. The fourth-order valence-corrected chi connectivity index (χ4v) is 2.02. The normalized spacial score (nSPS) is 10.4. The summed E-state index contributed by atoms with van der Waals surface area (Å²) in [5.41, 5.74) is 0.712. The molecule has 0 radical (unpaired) electrons. The molecular weight excluding hydrogens is 272 g/mol. The summed E-state index contributed by atoms with van der Waals surface area (Å²) in [5, 5.41) is 10.6. The molecule has 6 nitrogen and oxygen atoms in total. The number of non-ortho nitro benzene ring substituents is 1. The van der Waals surface area contributed by atoms with Crippen LogP contribution in [-0.2, 0) is 0 Å². The zero-order valence-corrected chi connectivity index (χ0v) is 11.9. The number of nitro groups is 1. The minimum Gasteiger partial charge on any atom is -0.451 e. The molecule has 0 aliphatic carbocycles. The van der Waals surface area contributed by atoms with Crippen molar-refractivity contribution in [3.8, 4) is 11.3 Å². The average molecular weight is 288 g/mol. The highest BCUT2D eigenvalue weighted by Crippen LogP contribution is 2.25. The van der Waals surface area contributed by atoms with Gasteiger partial charge in [-0.2, -0.15) is 0 Å². The van der Waals surface area contributed by atoms with E-state index in [2.05, 4.69) is 0 Å². The Kier molecular flexibility index (Phi) is 4.37. The van der Waals surface area contributed by atoms with Gasteiger partial charge in [0.05, 0.1) is 4.92 Å². The molecule has 0 aliphatic rings. The van der Waals surface area contributed by atoms with Gasteiger partial charge in [-0.05, 0) is 38.1 Å². The minimum atomic E-state index is -0.457. The van der Waals surface area contributed by atoms with Gasteiger partial charge in [0.25, 0.3) is 11.6 Å². The first-order chi connectivity index (χ1) is 10.1. The van der Waals surface area contributed by atoms with E-state index in [9.17, 15) is 14.9 Å². The number of rotatable bonds is 5. The lowest BCUT2D eigenvalue weighted by atomic mass is 10.1. The van der Waals surface area contributed by atoms with Crippen LogP contribution in [0.4, 0.5) is 5.69 Å². The molecule has 0 aliphatic heterocycles. The molecule has 6 heteroatoms. The van der Waals surface area contributed by atoms with E-state index in [4.69, 9.17) is 4.42 Å². The Hall–Kier alpha value is -2.63. The van der Waals surface area contributed by atoms with E-state index in [1.165, 1.54) is 12.1 Å². The highest BCUT2D eigenvalue weighted by Gasteiger charge is 2.17. The van der Waals surface area contributed by atoms with E-state index >= 15 is 0 Å². The zero-order valence-electron chi connectivity index (χ0n) is 11.9. The molecule has 0 saturated carbocycles. The van der Waals surface area contributed by atoms with Gasteiger partial charge in [0.15, 0.2) is 5.76 Å². The Balaban J connectivity index is 2.23. The van der Waals surface area contributed by atoms with Crippen LogP contribution >= 0.6 is 0 Å². The summed E-state index contributed by atoms with van der Waals surface area (Å²) in [6, 6.07) is 9.33. The summed E-state index contributed by atoms with van der Waals surface area (Å²) in [7, 11) is 0. The van der Waals surface area contributed by atoms with Crippen molar-refractivity contribution >= 4 is 11.6 Å². The predicted octanol–water partition coefficient (Wildman–Crippen LogP) is 3.34. The number of nitrogens with zero attached hydrogens (tertiary/aromatic N) is 2. The average Bonchev–Trinajstić information content (AvgIpc) is 2.98. The Morgan fingerprint density at radius 2 is 1.76 bits per heavy atom. The monoisotopic (exact) mass is 288 g/mol. The Morgan fingerprint density at radius 1 is 1.14 bits per heavy atom. The number of hydrogen-bond acceptors (Lipinski definition) is 4. The second-order valence-electron chi connectivity index (χ2n) is 4.45. The first-order valence-electron chi connectivity index (χ1n) is 6.70. The van der Waals surface area contributed by atoms with Gasteiger partial charge < -0.3 is 9.32 Å². The topological polar surface area (TPSA) is 76.6 Å². The quantitative estimate of drug-likeness (QED) is 0.624. The maximum absolute atomic E-state index is 12.1. The molecule has 0 atom stereocenters. The third kappa shape index (κ3) is 3.10. The number of amides is 1. The van der Waals surface area contributed by atoms with Gasteiger partial charge in [-0.15, -0.1) is 0 Å². The summed E-state index contributed by atoms with van der Waals surface area (Å²) in [6.07, 6.45) is 0. The molecule has 21 heavy (non-hydrogen) atoms. The first kappa shape index (κ1) is 14.8. The second kappa shape index (κ2) is 6.21. The van der Waals surface area contributed by atoms with E-state index in [1.807, 2.05) is 13.8 Å². The maximum atomic E-state index is 12.1. The summed E-state index contributed by atoms with van der Waals surface area (Å²) < 4.78 is 5.56. The number of benzene rings is 1. The van der Waals surface area contributed by atoms with Crippen LogP contribution in [0.2, 0.25) is 0 Å². The van der Waals surface area contributed by atoms with E-state index in [0.29, 0.717) is 24.4 Å². The molecule has 1 heterocycles. The number of nitro benzene ring substituents is 1. The Labute approximate surface area is 122 Å². The van der Waals surface area contributed by atoms with Gasteiger partial charge >= 0.3 is 0 Å². The van der Waals surface area contributed by atoms with Gasteiger partial charge in [0, 0.05) is 30.8 Å². The summed E-state index contributed by atoms with van der Waals surface area (Å²) >= 11 is 0. The molecular formula is C15H16N2O4.